The molecule has 5 heteroatoms. The van der Waals surface area contributed by atoms with Gasteiger partial charge in [-0.15, -0.1) is 11.8 Å². The van der Waals surface area contributed by atoms with Crippen LogP contribution in [0.5, 0.6) is 0 Å². The predicted molar refractivity (Wildman–Crippen MR) is 73.9 cm³/mol. The maximum Gasteiger partial charge on any atom is 0.306 e. The van der Waals surface area contributed by atoms with Crippen LogP contribution in [0, 0.1) is 5.41 Å². The highest BCUT2D eigenvalue weighted by molar-refractivity contribution is 7.99. The number of carbonyl (C=O) groups is 1. The minimum Gasteiger partial charge on any atom is -0.469 e. The Balaban J connectivity index is 1.87. The molecule has 0 bridgehead atoms. The number of methoxy groups -OCH3 is 1. The zero-order chi connectivity index (χ0) is 13.9. The van der Waals surface area contributed by atoms with Crippen LogP contribution < -0.4 is 0 Å². The largest absolute Gasteiger partial charge is 0.469 e. The predicted octanol–water partition coefficient (Wildman–Crippen LogP) is 2.57. The molecular weight excluding hydrogens is 262 g/mol. The van der Waals surface area contributed by atoms with Crippen LogP contribution in [0.15, 0.2) is 23.4 Å². The molecule has 2 rings (SSSR count). The average molecular weight is 281 g/mol. The van der Waals surface area contributed by atoms with Crippen molar-refractivity contribution in [2.45, 2.75) is 37.3 Å². The molecule has 0 unspecified atom stereocenters. The van der Waals surface area contributed by atoms with E-state index in [1.54, 1.807) is 24.9 Å². The third kappa shape index (κ3) is 3.94. The summed E-state index contributed by atoms with van der Waals surface area (Å²) in [5.74, 6) is 0.763. The Labute approximate surface area is 117 Å². The molecule has 1 aliphatic carbocycles. The number of esters is 1. The number of nitrogens with zero attached hydrogens (tertiary/aromatic N) is 1. The van der Waals surface area contributed by atoms with E-state index < -0.39 is 6.10 Å². The van der Waals surface area contributed by atoms with E-state index in [-0.39, 0.29) is 11.4 Å². The summed E-state index contributed by atoms with van der Waals surface area (Å²) in [5, 5.41) is 10.3. The van der Waals surface area contributed by atoms with Gasteiger partial charge in [0.25, 0.3) is 0 Å². The van der Waals surface area contributed by atoms with E-state index in [4.69, 9.17) is 4.74 Å². The first-order valence-corrected chi connectivity index (χ1v) is 7.37. The van der Waals surface area contributed by atoms with Crippen LogP contribution in [0.3, 0.4) is 0 Å². The zero-order valence-electron chi connectivity index (χ0n) is 11.3. The molecular formula is C14H19NO3S. The van der Waals surface area contributed by atoms with Crippen LogP contribution >= 0.6 is 11.8 Å². The highest BCUT2D eigenvalue weighted by Crippen LogP contribution is 2.51. The molecule has 0 aliphatic heterocycles. The molecule has 4 nitrogen and oxygen atoms in total. The Hall–Kier alpha value is -1.07. The van der Waals surface area contributed by atoms with Crippen molar-refractivity contribution in [3.63, 3.8) is 0 Å². The normalized spacial score (nSPS) is 17.8. The van der Waals surface area contributed by atoms with Gasteiger partial charge in [0.1, 0.15) is 0 Å². The molecule has 0 saturated heterocycles. The van der Waals surface area contributed by atoms with Crippen molar-refractivity contribution in [1.29, 1.82) is 0 Å². The minimum absolute atomic E-state index is 0.113. The third-order valence-corrected chi connectivity index (χ3v) is 4.77. The van der Waals surface area contributed by atoms with Gasteiger partial charge in [-0.2, -0.15) is 0 Å². The maximum atomic E-state index is 11.3. The number of carbonyl (C=O) groups excluding carboxylic acids is 1. The second-order valence-corrected chi connectivity index (χ2v) is 6.14. The molecule has 0 spiro atoms. The van der Waals surface area contributed by atoms with Gasteiger partial charge in [-0.05, 0) is 36.8 Å². The van der Waals surface area contributed by atoms with Crippen LogP contribution in [0.4, 0.5) is 0 Å². The molecule has 1 fully saturated rings. The summed E-state index contributed by atoms with van der Waals surface area (Å²) in [6.07, 6.45) is 3.89. The first-order chi connectivity index (χ1) is 9.04. The van der Waals surface area contributed by atoms with E-state index in [1.165, 1.54) is 7.11 Å². The number of pyridine rings is 1. The summed E-state index contributed by atoms with van der Waals surface area (Å²) in [6.45, 7) is 1.72. The second kappa shape index (κ2) is 5.92. The molecule has 1 atom stereocenters. The number of ether oxygens (including phenoxy) is 1. The van der Waals surface area contributed by atoms with Crippen molar-refractivity contribution in [1.82, 2.24) is 4.98 Å². The highest BCUT2D eigenvalue weighted by atomic mass is 32.2. The number of aromatic nitrogens is 1. The second-order valence-electron chi connectivity index (χ2n) is 5.15. The van der Waals surface area contributed by atoms with E-state index >= 15 is 0 Å². The number of hydrogen-bond donors (Lipinski definition) is 1. The van der Waals surface area contributed by atoms with Crippen LogP contribution in [0.2, 0.25) is 0 Å². The van der Waals surface area contributed by atoms with Gasteiger partial charge in [0, 0.05) is 11.9 Å². The molecule has 19 heavy (non-hydrogen) atoms. The molecule has 0 radical (unpaired) electrons. The Bertz CT molecular complexity index is 441. The molecule has 0 amide bonds. The van der Waals surface area contributed by atoms with Gasteiger partial charge in [-0.3, -0.25) is 4.79 Å². The first-order valence-electron chi connectivity index (χ1n) is 6.38. The van der Waals surface area contributed by atoms with Crippen molar-refractivity contribution in [2.75, 3.05) is 12.9 Å². The lowest BCUT2D eigenvalue weighted by Gasteiger charge is -2.12. The third-order valence-electron chi connectivity index (χ3n) is 3.47. The Kier molecular flexibility index (Phi) is 4.47. The number of hydrogen-bond acceptors (Lipinski definition) is 5. The van der Waals surface area contributed by atoms with Crippen molar-refractivity contribution in [3.05, 3.63) is 23.9 Å². The highest BCUT2D eigenvalue weighted by Gasteiger charge is 2.44. The van der Waals surface area contributed by atoms with Gasteiger partial charge in [0.15, 0.2) is 0 Å². The number of aliphatic hydroxyl groups excluding tert-OH is 1. The first kappa shape index (κ1) is 14.3. The Morgan fingerprint density at radius 1 is 1.58 bits per heavy atom. The van der Waals surface area contributed by atoms with Gasteiger partial charge in [0.05, 0.1) is 24.7 Å². The van der Waals surface area contributed by atoms with E-state index in [1.807, 2.05) is 12.1 Å². The van der Waals surface area contributed by atoms with Gasteiger partial charge in [-0.25, -0.2) is 4.98 Å². The fraction of sp³-hybridized carbons (Fsp3) is 0.571. The Morgan fingerprint density at radius 3 is 2.79 bits per heavy atom. The lowest BCUT2D eigenvalue weighted by atomic mass is 10.1. The van der Waals surface area contributed by atoms with E-state index in [0.717, 1.165) is 29.2 Å². The standard InChI is InChI=1S/C14H19NO3S/c1-10(16)11-3-4-12(15-8-11)19-9-14(5-6-14)7-13(17)18-2/h3-4,8,10,16H,5-7,9H2,1-2H3/t10-/m0/s1. The SMILES string of the molecule is COC(=O)CC1(CSc2ccc([C@H](C)O)cn2)CC1. The summed E-state index contributed by atoms with van der Waals surface area (Å²) in [7, 11) is 1.43. The lowest BCUT2D eigenvalue weighted by Crippen LogP contribution is -2.13. The summed E-state index contributed by atoms with van der Waals surface area (Å²) in [6, 6.07) is 3.81. The molecule has 0 aromatic carbocycles. The van der Waals surface area contributed by atoms with Crippen molar-refractivity contribution >= 4 is 17.7 Å². The maximum absolute atomic E-state index is 11.3. The van der Waals surface area contributed by atoms with E-state index in [9.17, 15) is 9.90 Å². The number of rotatable bonds is 6. The van der Waals surface area contributed by atoms with E-state index in [0.29, 0.717) is 6.42 Å². The van der Waals surface area contributed by atoms with Gasteiger partial charge in [0.2, 0.25) is 0 Å². The summed E-state index contributed by atoms with van der Waals surface area (Å²) in [5.41, 5.74) is 0.933. The molecule has 1 aliphatic rings. The quantitative estimate of drug-likeness (QED) is 0.641. The summed E-state index contributed by atoms with van der Waals surface area (Å²) in [4.78, 5) is 15.6. The van der Waals surface area contributed by atoms with Crippen LogP contribution in [0.25, 0.3) is 0 Å². The fourth-order valence-electron chi connectivity index (χ4n) is 1.88. The minimum atomic E-state index is -0.486. The molecule has 1 aromatic heterocycles. The van der Waals surface area contributed by atoms with Gasteiger partial charge in [-0.1, -0.05) is 6.07 Å². The monoisotopic (exact) mass is 281 g/mol. The van der Waals surface area contributed by atoms with E-state index in [2.05, 4.69) is 4.98 Å². The van der Waals surface area contributed by atoms with Crippen LogP contribution in [0.1, 0.15) is 37.9 Å². The summed E-state index contributed by atoms with van der Waals surface area (Å²) < 4.78 is 4.73. The lowest BCUT2D eigenvalue weighted by molar-refractivity contribution is -0.141. The van der Waals surface area contributed by atoms with Gasteiger partial charge < -0.3 is 9.84 Å². The van der Waals surface area contributed by atoms with Gasteiger partial charge >= 0.3 is 5.97 Å². The molecule has 1 saturated carbocycles. The fourth-order valence-corrected chi connectivity index (χ4v) is 3.01. The molecule has 104 valence electrons. The van der Waals surface area contributed by atoms with Crippen LogP contribution in [-0.4, -0.2) is 28.9 Å². The van der Waals surface area contributed by atoms with Crippen molar-refractivity contribution in [3.8, 4) is 0 Å². The molecule has 1 N–H and O–H groups in total. The number of aliphatic hydroxyl groups is 1. The zero-order valence-corrected chi connectivity index (χ0v) is 12.1. The molecule has 1 aromatic rings. The topological polar surface area (TPSA) is 59.4 Å². The average Bonchev–Trinajstić information content (AvgIpc) is 3.17. The molecule has 1 heterocycles. The van der Waals surface area contributed by atoms with Crippen molar-refractivity contribution in [2.24, 2.45) is 5.41 Å². The van der Waals surface area contributed by atoms with Crippen molar-refractivity contribution < 1.29 is 14.6 Å². The smallest absolute Gasteiger partial charge is 0.306 e. The summed E-state index contributed by atoms with van der Waals surface area (Å²) >= 11 is 1.66. The number of thioether (sulfide) groups is 1. The van der Waals surface area contributed by atoms with Crippen LogP contribution in [-0.2, 0) is 9.53 Å². The Morgan fingerprint density at radius 2 is 2.32 bits per heavy atom.